The molecule has 0 aliphatic rings. The van der Waals surface area contributed by atoms with E-state index in [0.29, 0.717) is 43.1 Å². The van der Waals surface area contributed by atoms with Crippen LogP contribution in [0.25, 0.3) is 21.5 Å². The standard InChI is InChI=1S/C20H16Cl2O6/c1-25-17(23)9-27-19-13-5-3-11(21)7-15(13)20(28-10-18(24)26-2)16-8-12(22)4-6-14(16)19/h3-8H,9-10H2,1-2H3. The summed E-state index contributed by atoms with van der Waals surface area (Å²) in [6.45, 7) is -0.559. The van der Waals surface area contributed by atoms with E-state index in [1.807, 2.05) is 0 Å². The van der Waals surface area contributed by atoms with Gasteiger partial charge in [-0.3, -0.25) is 0 Å². The molecule has 146 valence electrons. The maximum atomic E-state index is 11.6. The first-order valence-electron chi connectivity index (χ1n) is 8.18. The third-order valence-electron chi connectivity index (χ3n) is 4.07. The average Bonchev–Trinajstić information content (AvgIpc) is 2.69. The molecule has 0 unspecified atom stereocenters. The molecule has 8 heteroatoms. The summed E-state index contributed by atoms with van der Waals surface area (Å²) in [5.74, 6) is -0.188. The van der Waals surface area contributed by atoms with Crippen molar-refractivity contribution in [3.05, 3.63) is 46.4 Å². The molecule has 0 fully saturated rings. The van der Waals surface area contributed by atoms with E-state index < -0.39 is 11.9 Å². The first kappa shape index (κ1) is 20.0. The Balaban J connectivity index is 2.27. The Morgan fingerprint density at radius 1 is 0.714 bits per heavy atom. The molecule has 0 aliphatic carbocycles. The van der Waals surface area contributed by atoms with Crippen molar-refractivity contribution >= 4 is 56.7 Å². The molecule has 28 heavy (non-hydrogen) atoms. The number of rotatable bonds is 6. The molecule has 0 aromatic heterocycles. The van der Waals surface area contributed by atoms with Crippen LogP contribution in [-0.2, 0) is 19.1 Å². The van der Waals surface area contributed by atoms with E-state index in [9.17, 15) is 9.59 Å². The number of hydrogen-bond donors (Lipinski definition) is 0. The lowest BCUT2D eigenvalue weighted by atomic mass is 10.0. The highest BCUT2D eigenvalue weighted by atomic mass is 35.5. The largest absolute Gasteiger partial charge is 0.481 e. The van der Waals surface area contributed by atoms with Crippen molar-refractivity contribution in [1.29, 1.82) is 0 Å². The number of ether oxygens (including phenoxy) is 4. The Morgan fingerprint density at radius 3 is 1.50 bits per heavy atom. The van der Waals surface area contributed by atoms with Gasteiger partial charge in [0.25, 0.3) is 0 Å². The fourth-order valence-corrected chi connectivity index (χ4v) is 3.13. The van der Waals surface area contributed by atoms with Gasteiger partial charge in [-0.1, -0.05) is 23.2 Å². The summed E-state index contributed by atoms with van der Waals surface area (Å²) in [6, 6.07) is 10.3. The van der Waals surface area contributed by atoms with E-state index in [0.717, 1.165) is 0 Å². The first-order valence-corrected chi connectivity index (χ1v) is 8.94. The van der Waals surface area contributed by atoms with Gasteiger partial charge in [0, 0.05) is 31.6 Å². The zero-order valence-electron chi connectivity index (χ0n) is 15.1. The molecule has 0 heterocycles. The lowest BCUT2D eigenvalue weighted by Crippen LogP contribution is -2.14. The molecular formula is C20H16Cl2O6. The molecule has 0 spiro atoms. The molecule has 3 aromatic rings. The van der Waals surface area contributed by atoms with Gasteiger partial charge in [0.1, 0.15) is 11.5 Å². The van der Waals surface area contributed by atoms with Gasteiger partial charge >= 0.3 is 11.9 Å². The average molecular weight is 423 g/mol. The Bertz CT molecular complexity index is 1000. The van der Waals surface area contributed by atoms with Crippen molar-refractivity contribution in [3.63, 3.8) is 0 Å². The van der Waals surface area contributed by atoms with Crippen molar-refractivity contribution in [1.82, 2.24) is 0 Å². The molecule has 6 nitrogen and oxygen atoms in total. The summed E-state index contributed by atoms with van der Waals surface area (Å²) in [7, 11) is 2.56. The summed E-state index contributed by atoms with van der Waals surface area (Å²) in [6.07, 6.45) is 0. The van der Waals surface area contributed by atoms with Crippen molar-refractivity contribution < 1.29 is 28.5 Å². The zero-order valence-corrected chi connectivity index (χ0v) is 16.6. The Kier molecular flexibility index (Phi) is 6.11. The van der Waals surface area contributed by atoms with Crippen LogP contribution in [0.3, 0.4) is 0 Å². The second kappa shape index (κ2) is 8.54. The highest BCUT2D eigenvalue weighted by molar-refractivity contribution is 6.33. The minimum absolute atomic E-state index is 0.270. The topological polar surface area (TPSA) is 71.1 Å². The maximum Gasteiger partial charge on any atom is 0.343 e. The quantitative estimate of drug-likeness (QED) is 0.432. The lowest BCUT2D eigenvalue weighted by Gasteiger charge is -2.17. The van der Waals surface area contributed by atoms with Crippen LogP contribution in [-0.4, -0.2) is 39.4 Å². The molecule has 0 saturated carbocycles. The van der Waals surface area contributed by atoms with Gasteiger partial charge < -0.3 is 18.9 Å². The van der Waals surface area contributed by atoms with Gasteiger partial charge in [0.15, 0.2) is 13.2 Å². The number of methoxy groups -OCH3 is 2. The second-order valence-electron chi connectivity index (χ2n) is 5.77. The minimum Gasteiger partial charge on any atom is -0.481 e. The van der Waals surface area contributed by atoms with Gasteiger partial charge in [-0.2, -0.15) is 0 Å². The Hall–Kier alpha value is -2.70. The van der Waals surface area contributed by atoms with E-state index in [4.69, 9.17) is 32.7 Å². The summed E-state index contributed by atoms with van der Waals surface area (Å²) in [5.41, 5.74) is 0. The van der Waals surface area contributed by atoms with Crippen LogP contribution in [0, 0.1) is 0 Å². The minimum atomic E-state index is -0.531. The van der Waals surface area contributed by atoms with Gasteiger partial charge in [0.2, 0.25) is 0 Å². The van der Waals surface area contributed by atoms with Crippen molar-refractivity contribution in [2.75, 3.05) is 27.4 Å². The maximum absolute atomic E-state index is 11.6. The van der Waals surface area contributed by atoms with Gasteiger partial charge in [-0.25, -0.2) is 9.59 Å². The van der Waals surface area contributed by atoms with Crippen LogP contribution < -0.4 is 9.47 Å². The van der Waals surface area contributed by atoms with Crippen LogP contribution in [0.4, 0.5) is 0 Å². The zero-order chi connectivity index (χ0) is 20.3. The SMILES string of the molecule is COC(=O)COc1c2ccc(Cl)cc2c(OCC(=O)OC)c2cc(Cl)ccc12. The van der Waals surface area contributed by atoms with E-state index in [-0.39, 0.29) is 13.2 Å². The molecular weight excluding hydrogens is 407 g/mol. The molecule has 0 aliphatic heterocycles. The van der Waals surface area contributed by atoms with Crippen LogP contribution in [0.15, 0.2) is 36.4 Å². The molecule has 3 rings (SSSR count). The molecule has 0 N–H and O–H groups in total. The third kappa shape index (κ3) is 4.08. The predicted octanol–water partition coefficient (Wildman–Crippen LogP) is 4.40. The molecule has 0 saturated heterocycles. The molecule has 0 amide bonds. The Labute approximate surface area is 170 Å². The van der Waals surface area contributed by atoms with Crippen LogP contribution >= 0.6 is 23.2 Å². The van der Waals surface area contributed by atoms with Crippen molar-refractivity contribution in [3.8, 4) is 11.5 Å². The Morgan fingerprint density at radius 2 is 1.11 bits per heavy atom. The van der Waals surface area contributed by atoms with E-state index >= 15 is 0 Å². The first-order chi connectivity index (χ1) is 13.4. The summed E-state index contributed by atoms with van der Waals surface area (Å²) < 4.78 is 20.8. The molecule has 0 bridgehead atoms. The summed E-state index contributed by atoms with van der Waals surface area (Å²) in [4.78, 5) is 23.2. The fourth-order valence-electron chi connectivity index (χ4n) is 2.79. The van der Waals surface area contributed by atoms with Crippen LogP contribution in [0.5, 0.6) is 11.5 Å². The number of benzene rings is 3. The van der Waals surface area contributed by atoms with Crippen molar-refractivity contribution in [2.45, 2.75) is 0 Å². The number of carbonyl (C=O) groups is 2. The predicted molar refractivity (Wildman–Crippen MR) is 106 cm³/mol. The number of carbonyl (C=O) groups excluding carboxylic acids is 2. The molecule has 3 aromatic carbocycles. The van der Waals surface area contributed by atoms with Gasteiger partial charge in [-0.05, 0) is 36.4 Å². The van der Waals surface area contributed by atoms with Gasteiger partial charge in [-0.15, -0.1) is 0 Å². The van der Waals surface area contributed by atoms with Gasteiger partial charge in [0.05, 0.1) is 14.2 Å². The normalized spacial score (nSPS) is 10.7. The van der Waals surface area contributed by atoms with E-state index in [1.54, 1.807) is 36.4 Å². The summed E-state index contributed by atoms with van der Waals surface area (Å²) in [5, 5.41) is 3.45. The van der Waals surface area contributed by atoms with Crippen LogP contribution in [0.1, 0.15) is 0 Å². The van der Waals surface area contributed by atoms with E-state index in [1.165, 1.54) is 14.2 Å². The monoisotopic (exact) mass is 422 g/mol. The van der Waals surface area contributed by atoms with Crippen molar-refractivity contribution in [2.24, 2.45) is 0 Å². The smallest absolute Gasteiger partial charge is 0.343 e. The molecule has 0 atom stereocenters. The number of halogens is 2. The fraction of sp³-hybridized carbons (Fsp3) is 0.200. The van der Waals surface area contributed by atoms with E-state index in [2.05, 4.69) is 9.47 Å². The lowest BCUT2D eigenvalue weighted by molar-refractivity contribution is -0.143. The highest BCUT2D eigenvalue weighted by Crippen LogP contribution is 2.44. The second-order valence-corrected chi connectivity index (χ2v) is 6.64. The molecule has 0 radical (unpaired) electrons. The number of hydrogen-bond acceptors (Lipinski definition) is 6. The van der Waals surface area contributed by atoms with Crippen LogP contribution in [0.2, 0.25) is 10.0 Å². The third-order valence-corrected chi connectivity index (χ3v) is 4.54. The number of esters is 2. The highest BCUT2D eigenvalue weighted by Gasteiger charge is 2.19. The number of fused-ring (bicyclic) bond motifs is 2. The summed E-state index contributed by atoms with van der Waals surface area (Å²) >= 11 is 12.4.